The Kier molecular flexibility index (Phi) is 6.74. The number of nitrogens with zero attached hydrogens (tertiary/aromatic N) is 1. The Balaban J connectivity index is 0.00000162. The van der Waals surface area contributed by atoms with Gasteiger partial charge in [0, 0.05) is 20.1 Å². The van der Waals surface area contributed by atoms with Gasteiger partial charge >= 0.3 is 0 Å². The molecule has 0 saturated heterocycles. The first-order chi connectivity index (χ1) is 8.20. The molecule has 2 aliphatic rings. The van der Waals surface area contributed by atoms with Crippen LogP contribution in [0.5, 0.6) is 0 Å². The van der Waals surface area contributed by atoms with Gasteiger partial charge in [-0.05, 0) is 49.4 Å². The van der Waals surface area contributed by atoms with Gasteiger partial charge < -0.3 is 10.6 Å². The SMILES string of the molecule is CN=C(NCC(C)C)NCC(C1CC1)C1CC1.I. The third kappa shape index (κ3) is 5.33. The average Bonchev–Trinajstić information content (AvgIpc) is 3.15. The summed E-state index contributed by atoms with van der Waals surface area (Å²) >= 11 is 0. The molecule has 0 unspecified atom stereocenters. The Labute approximate surface area is 129 Å². The molecule has 0 aliphatic heterocycles. The van der Waals surface area contributed by atoms with Crippen molar-refractivity contribution in [2.24, 2.45) is 28.7 Å². The predicted octanol–water partition coefficient (Wildman–Crippen LogP) is 2.86. The zero-order chi connectivity index (χ0) is 12.3. The molecule has 0 heterocycles. The van der Waals surface area contributed by atoms with E-state index in [0.29, 0.717) is 5.92 Å². The Morgan fingerprint density at radius 2 is 1.56 bits per heavy atom. The van der Waals surface area contributed by atoms with E-state index in [1.807, 2.05) is 7.05 Å². The summed E-state index contributed by atoms with van der Waals surface area (Å²) in [7, 11) is 1.86. The smallest absolute Gasteiger partial charge is 0.190 e. The zero-order valence-corrected chi connectivity index (χ0v) is 14.2. The van der Waals surface area contributed by atoms with Crippen LogP contribution in [0, 0.1) is 23.7 Å². The lowest BCUT2D eigenvalue weighted by atomic mass is 9.98. The molecule has 0 aromatic rings. The molecule has 0 spiro atoms. The standard InChI is InChI=1S/C14H27N3.HI/c1-10(2)8-16-14(15-3)17-9-13(11-4-5-11)12-6-7-12;/h10-13H,4-9H2,1-3H3,(H2,15,16,17);1H. The predicted molar refractivity (Wildman–Crippen MR) is 88.6 cm³/mol. The molecular formula is C14H28IN3. The summed E-state index contributed by atoms with van der Waals surface area (Å²) in [6, 6.07) is 0. The normalized spacial score (nSPS) is 19.9. The lowest BCUT2D eigenvalue weighted by Gasteiger charge is -2.19. The maximum atomic E-state index is 4.29. The van der Waals surface area contributed by atoms with E-state index in [1.165, 1.54) is 25.7 Å². The maximum absolute atomic E-state index is 4.29. The van der Waals surface area contributed by atoms with Crippen LogP contribution in [0.25, 0.3) is 0 Å². The van der Waals surface area contributed by atoms with Crippen LogP contribution in [-0.4, -0.2) is 26.1 Å². The van der Waals surface area contributed by atoms with Crippen LogP contribution in [-0.2, 0) is 0 Å². The molecule has 0 radical (unpaired) electrons. The first kappa shape index (κ1) is 16.1. The van der Waals surface area contributed by atoms with Crippen LogP contribution < -0.4 is 10.6 Å². The molecule has 0 amide bonds. The molecular weight excluding hydrogens is 337 g/mol. The molecule has 2 N–H and O–H groups in total. The number of rotatable bonds is 6. The van der Waals surface area contributed by atoms with E-state index in [-0.39, 0.29) is 24.0 Å². The summed E-state index contributed by atoms with van der Waals surface area (Å²) in [5, 5.41) is 6.89. The molecule has 0 aromatic heterocycles. The molecule has 0 bridgehead atoms. The topological polar surface area (TPSA) is 36.4 Å². The highest BCUT2D eigenvalue weighted by Gasteiger charge is 2.41. The van der Waals surface area contributed by atoms with E-state index in [2.05, 4.69) is 29.5 Å². The van der Waals surface area contributed by atoms with Gasteiger partial charge in [-0.15, -0.1) is 24.0 Å². The quantitative estimate of drug-likeness (QED) is 0.432. The van der Waals surface area contributed by atoms with Crippen molar-refractivity contribution in [3.05, 3.63) is 0 Å². The molecule has 2 aliphatic carbocycles. The van der Waals surface area contributed by atoms with Crippen LogP contribution >= 0.6 is 24.0 Å². The second kappa shape index (κ2) is 7.56. The van der Waals surface area contributed by atoms with Crippen molar-refractivity contribution < 1.29 is 0 Å². The highest BCUT2D eigenvalue weighted by molar-refractivity contribution is 14.0. The second-order valence-corrected chi connectivity index (χ2v) is 6.07. The van der Waals surface area contributed by atoms with Crippen LogP contribution in [0.1, 0.15) is 39.5 Å². The van der Waals surface area contributed by atoms with Crippen LogP contribution in [0.15, 0.2) is 4.99 Å². The molecule has 18 heavy (non-hydrogen) atoms. The fraction of sp³-hybridized carbons (Fsp3) is 0.929. The van der Waals surface area contributed by atoms with Gasteiger partial charge in [-0.2, -0.15) is 0 Å². The van der Waals surface area contributed by atoms with Gasteiger partial charge in [0.15, 0.2) is 5.96 Å². The second-order valence-electron chi connectivity index (χ2n) is 6.07. The van der Waals surface area contributed by atoms with Gasteiger partial charge in [-0.3, -0.25) is 4.99 Å². The number of hydrogen-bond donors (Lipinski definition) is 2. The lowest BCUT2D eigenvalue weighted by molar-refractivity contribution is 0.400. The summed E-state index contributed by atoms with van der Waals surface area (Å²) in [4.78, 5) is 4.29. The van der Waals surface area contributed by atoms with E-state index in [0.717, 1.165) is 36.8 Å². The van der Waals surface area contributed by atoms with Crippen LogP contribution in [0.3, 0.4) is 0 Å². The van der Waals surface area contributed by atoms with Gasteiger partial charge in [-0.1, -0.05) is 13.8 Å². The van der Waals surface area contributed by atoms with Crippen molar-refractivity contribution in [3.63, 3.8) is 0 Å². The van der Waals surface area contributed by atoms with Crippen molar-refractivity contribution in [1.29, 1.82) is 0 Å². The molecule has 2 saturated carbocycles. The Bertz CT molecular complexity index is 258. The first-order valence-corrected chi connectivity index (χ1v) is 7.15. The number of hydrogen-bond acceptors (Lipinski definition) is 1. The monoisotopic (exact) mass is 365 g/mol. The van der Waals surface area contributed by atoms with Crippen molar-refractivity contribution in [3.8, 4) is 0 Å². The Morgan fingerprint density at radius 3 is 1.94 bits per heavy atom. The molecule has 2 rings (SSSR count). The number of aliphatic imine (C=N–C) groups is 1. The molecule has 4 heteroatoms. The third-order valence-corrected chi connectivity index (χ3v) is 3.86. The van der Waals surface area contributed by atoms with Crippen molar-refractivity contribution in [1.82, 2.24) is 10.6 Å². The highest BCUT2D eigenvalue weighted by atomic mass is 127. The minimum atomic E-state index is 0. The minimum Gasteiger partial charge on any atom is -0.356 e. The molecule has 0 atom stereocenters. The number of nitrogens with one attached hydrogen (secondary N) is 2. The van der Waals surface area contributed by atoms with Crippen LogP contribution in [0.2, 0.25) is 0 Å². The minimum absolute atomic E-state index is 0. The van der Waals surface area contributed by atoms with E-state index in [1.54, 1.807) is 0 Å². The van der Waals surface area contributed by atoms with E-state index in [9.17, 15) is 0 Å². The summed E-state index contributed by atoms with van der Waals surface area (Å²) in [6.45, 7) is 6.55. The zero-order valence-electron chi connectivity index (χ0n) is 11.9. The van der Waals surface area contributed by atoms with Crippen LogP contribution in [0.4, 0.5) is 0 Å². The highest BCUT2D eigenvalue weighted by Crippen LogP contribution is 2.48. The van der Waals surface area contributed by atoms with Crippen molar-refractivity contribution in [2.45, 2.75) is 39.5 Å². The Morgan fingerprint density at radius 1 is 1.06 bits per heavy atom. The average molecular weight is 365 g/mol. The summed E-state index contributed by atoms with van der Waals surface area (Å²) < 4.78 is 0. The van der Waals surface area contributed by atoms with Gasteiger partial charge in [-0.25, -0.2) is 0 Å². The first-order valence-electron chi connectivity index (χ1n) is 7.15. The maximum Gasteiger partial charge on any atom is 0.190 e. The fourth-order valence-corrected chi connectivity index (χ4v) is 2.50. The van der Waals surface area contributed by atoms with Gasteiger partial charge in [0.2, 0.25) is 0 Å². The van der Waals surface area contributed by atoms with E-state index < -0.39 is 0 Å². The van der Waals surface area contributed by atoms with Gasteiger partial charge in [0.25, 0.3) is 0 Å². The van der Waals surface area contributed by atoms with Gasteiger partial charge in [0.1, 0.15) is 0 Å². The summed E-state index contributed by atoms with van der Waals surface area (Å²) in [5.74, 6) is 4.57. The van der Waals surface area contributed by atoms with E-state index >= 15 is 0 Å². The van der Waals surface area contributed by atoms with Crippen molar-refractivity contribution in [2.75, 3.05) is 20.1 Å². The largest absolute Gasteiger partial charge is 0.356 e. The fourth-order valence-electron chi connectivity index (χ4n) is 2.50. The third-order valence-electron chi connectivity index (χ3n) is 3.86. The molecule has 3 nitrogen and oxygen atoms in total. The number of guanidine groups is 1. The lowest BCUT2D eigenvalue weighted by Crippen LogP contribution is -2.41. The summed E-state index contributed by atoms with van der Waals surface area (Å²) in [6.07, 6.45) is 5.84. The molecule has 2 fully saturated rings. The molecule has 106 valence electrons. The molecule has 0 aromatic carbocycles. The Hall–Kier alpha value is 0. The van der Waals surface area contributed by atoms with Gasteiger partial charge in [0.05, 0.1) is 0 Å². The summed E-state index contributed by atoms with van der Waals surface area (Å²) in [5.41, 5.74) is 0. The van der Waals surface area contributed by atoms with Crippen molar-refractivity contribution >= 4 is 29.9 Å². The number of halogens is 1. The van der Waals surface area contributed by atoms with E-state index in [4.69, 9.17) is 0 Å².